The molecule has 0 radical (unpaired) electrons. The summed E-state index contributed by atoms with van der Waals surface area (Å²) in [5.74, 6) is -0.0411. The van der Waals surface area contributed by atoms with Gasteiger partial charge in [-0.25, -0.2) is 0 Å². The van der Waals surface area contributed by atoms with E-state index in [1.807, 2.05) is 18.4 Å². The minimum atomic E-state index is -1.07. The largest absolute Gasteiger partial charge is 0.352 e. The molecule has 0 aromatic carbocycles. The first-order valence-corrected chi connectivity index (χ1v) is 11.8. The van der Waals surface area contributed by atoms with Crippen LogP contribution in [0.4, 0.5) is 0 Å². The first-order chi connectivity index (χ1) is 15.0. The lowest BCUT2D eigenvalue weighted by atomic mass is 9.87. The zero-order valence-corrected chi connectivity index (χ0v) is 18.5. The van der Waals surface area contributed by atoms with Gasteiger partial charge in [0, 0.05) is 18.3 Å². The highest BCUT2D eigenvalue weighted by molar-refractivity contribution is 6.09. The van der Waals surface area contributed by atoms with Gasteiger partial charge in [0.1, 0.15) is 11.4 Å². The van der Waals surface area contributed by atoms with Gasteiger partial charge in [0.15, 0.2) is 0 Å². The smallest absolute Gasteiger partial charge is 0.250 e. The molecule has 1 atom stereocenters. The Labute approximate surface area is 184 Å². The molecule has 2 fully saturated rings. The molecule has 7 heteroatoms. The van der Waals surface area contributed by atoms with Crippen molar-refractivity contribution in [2.24, 2.45) is 4.99 Å². The van der Waals surface area contributed by atoms with Crippen LogP contribution in [0.25, 0.3) is 0 Å². The first kappa shape index (κ1) is 21.8. The van der Waals surface area contributed by atoms with E-state index in [0.717, 1.165) is 51.4 Å². The fourth-order valence-electron chi connectivity index (χ4n) is 5.41. The average Bonchev–Trinajstić information content (AvgIpc) is 2.78. The van der Waals surface area contributed by atoms with Crippen LogP contribution in [0, 0.1) is 0 Å². The lowest BCUT2D eigenvalue weighted by Gasteiger charge is -2.46. The second-order valence-electron chi connectivity index (χ2n) is 9.51. The maximum Gasteiger partial charge on any atom is 0.250 e. The van der Waals surface area contributed by atoms with Gasteiger partial charge in [-0.15, -0.1) is 0 Å². The molecule has 0 aromatic heterocycles. The number of nitrogens with zero attached hydrogens (tertiary/aromatic N) is 3. The van der Waals surface area contributed by atoms with E-state index in [4.69, 9.17) is 0 Å². The van der Waals surface area contributed by atoms with Crippen molar-refractivity contribution in [3.8, 4) is 0 Å². The van der Waals surface area contributed by atoms with Crippen LogP contribution in [0.2, 0.25) is 0 Å². The zero-order valence-electron chi connectivity index (χ0n) is 18.5. The number of amidine groups is 1. The number of fused-ring (bicyclic) bond motifs is 1. The molecule has 2 aliphatic heterocycles. The van der Waals surface area contributed by atoms with Crippen molar-refractivity contribution in [3.05, 3.63) is 24.4 Å². The van der Waals surface area contributed by atoms with E-state index >= 15 is 0 Å². The van der Waals surface area contributed by atoms with Crippen LogP contribution in [0.3, 0.4) is 0 Å². The Hall–Kier alpha value is -2.44. The molecule has 0 bridgehead atoms. The van der Waals surface area contributed by atoms with E-state index in [-0.39, 0.29) is 42.8 Å². The number of allylic oxidation sites excluding steroid dienone is 2. The van der Waals surface area contributed by atoms with Crippen LogP contribution >= 0.6 is 0 Å². The van der Waals surface area contributed by atoms with Gasteiger partial charge in [-0.1, -0.05) is 44.6 Å². The lowest BCUT2D eigenvalue weighted by Crippen LogP contribution is -2.63. The van der Waals surface area contributed by atoms with Crippen LogP contribution in [0.5, 0.6) is 0 Å². The summed E-state index contributed by atoms with van der Waals surface area (Å²) in [7, 11) is 0. The number of carbonyl (C=O) groups excluding carboxylic acids is 3. The number of carbonyl (C=O) groups is 3. The van der Waals surface area contributed by atoms with Crippen molar-refractivity contribution in [2.75, 3.05) is 6.54 Å². The van der Waals surface area contributed by atoms with Gasteiger partial charge in [-0.05, 0) is 44.8 Å². The molecule has 31 heavy (non-hydrogen) atoms. The van der Waals surface area contributed by atoms with Crippen molar-refractivity contribution in [3.63, 3.8) is 0 Å². The molecule has 2 aliphatic carbocycles. The van der Waals surface area contributed by atoms with Gasteiger partial charge in [0.05, 0.1) is 13.0 Å². The summed E-state index contributed by atoms with van der Waals surface area (Å²) in [4.78, 5) is 47.0. The van der Waals surface area contributed by atoms with Crippen molar-refractivity contribution >= 4 is 23.6 Å². The Balaban J connectivity index is 1.55. The number of rotatable bonds is 5. The van der Waals surface area contributed by atoms with E-state index in [0.29, 0.717) is 5.84 Å². The zero-order chi connectivity index (χ0) is 21.8. The van der Waals surface area contributed by atoms with Crippen LogP contribution in [-0.2, 0) is 14.4 Å². The van der Waals surface area contributed by atoms with E-state index in [2.05, 4.69) is 10.3 Å². The molecule has 3 amide bonds. The molecule has 2 saturated carbocycles. The van der Waals surface area contributed by atoms with Crippen LogP contribution < -0.4 is 5.32 Å². The van der Waals surface area contributed by atoms with Gasteiger partial charge in [-0.3, -0.25) is 14.4 Å². The Morgan fingerprint density at radius 3 is 2.48 bits per heavy atom. The number of hydrogen-bond donors (Lipinski definition) is 1. The first-order valence-electron chi connectivity index (χ1n) is 11.8. The van der Waals surface area contributed by atoms with Crippen molar-refractivity contribution in [1.82, 2.24) is 15.1 Å². The molecule has 0 saturated heterocycles. The monoisotopic (exact) mass is 426 g/mol. The molecule has 2 heterocycles. The van der Waals surface area contributed by atoms with E-state index < -0.39 is 5.54 Å². The fourth-order valence-corrected chi connectivity index (χ4v) is 5.41. The van der Waals surface area contributed by atoms with Gasteiger partial charge < -0.3 is 15.1 Å². The Kier molecular flexibility index (Phi) is 6.58. The van der Waals surface area contributed by atoms with Crippen LogP contribution in [-0.4, -0.2) is 57.5 Å². The predicted molar refractivity (Wildman–Crippen MR) is 119 cm³/mol. The Morgan fingerprint density at radius 1 is 1.10 bits per heavy atom. The number of hydrogen-bond acceptors (Lipinski definition) is 4. The fraction of sp³-hybridized carbons (Fsp3) is 0.667. The molecule has 168 valence electrons. The summed E-state index contributed by atoms with van der Waals surface area (Å²) in [6.45, 7) is 1.87. The maximum atomic E-state index is 14.0. The summed E-state index contributed by atoms with van der Waals surface area (Å²) in [6, 6.07) is 0.252. The third-order valence-corrected chi connectivity index (χ3v) is 7.13. The second kappa shape index (κ2) is 9.37. The van der Waals surface area contributed by atoms with E-state index in [1.54, 1.807) is 22.8 Å². The van der Waals surface area contributed by atoms with E-state index in [1.165, 1.54) is 12.8 Å². The van der Waals surface area contributed by atoms with Crippen molar-refractivity contribution in [1.29, 1.82) is 0 Å². The second-order valence-corrected chi connectivity index (χ2v) is 9.51. The van der Waals surface area contributed by atoms with Crippen molar-refractivity contribution < 1.29 is 14.4 Å². The molecule has 4 rings (SSSR count). The molecule has 4 aliphatic rings. The summed E-state index contributed by atoms with van der Waals surface area (Å²) in [5.41, 5.74) is -1.07. The van der Waals surface area contributed by atoms with Crippen LogP contribution in [0.1, 0.15) is 77.6 Å². The Morgan fingerprint density at radius 2 is 1.77 bits per heavy atom. The molecule has 7 nitrogen and oxygen atoms in total. The van der Waals surface area contributed by atoms with Gasteiger partial charge in [0.25, 0.3) is 5.91 Å². The lowest BCUT2D eigenvalue weighted by molar-refractivity contribution is -0.149. The molecule has 0 unspecified atom stereocenters. The third-order valence-electron chi connectivity index (χ3n) is 7.13. The van der Waals surface area contributed by atoms with Crippen molar-refractivity contribution in [2.45, 2.75) is 95.2 Å². The number of amides is 3. The number of nitrogens with one attached hydrogen (secondary N) is 1. The topological polar surface area (TPSA) is 82.1 Å². The SMILES string of the molecule is C[C@@]1(C(=O)N(CC(=O)NC2CCCCC2)C2CCCCC2)CC(=O)N=C2C=CC=CN21. The number of aliphatic imine (C=N–C) groups is 1. The normalized spacial score (nSPS) is 26.9. The van der Waals surface area contributed by atoms with Gasteiger partial charge in [-0.2, -0.15) is 4.99 Å². The summed E-state index contributed by atoms with van der Waals surface area (Å²) in [6.07, 6.45) is 17.9. The minimum absolute atomic E-state index is 0.0149. The average molecular weight is 427 g/mol. The summed E-state index contributed by atoms with van der Waals surface area (Å²) in [5, 5.41) is 3.16. The molecular weight excluding hydrogens is 392 g/mol. The quantitative estimate of drug-likeness (QED) is 0.732. The minimum Gasteiger partial charge on any atom is -0.352 e. The Bertz CT molecular complexity index is 806. The highest BCUT2D eigenvalue weighted by atomic mass is 16.2. The summed E-state index contributed by atoms with van der Waals surface area (Å²) < 4.78 is 0. The molecule has 0 spiro atoms. The standard InChI is InChI=1S/C24H34N4O3/c1-24(16-21(29)26-20-14-8-9-15-28(20)24)23(31)27(19-12-6-3-7-13-19)17-22(30)25-18-10-4-2-5-11-18/h8-9,14-15,18-19H,2-7,10-13,16-17H2,1H3,(H,25,30)/t24-/m0/s1. The van der Waals surface area contributed by atoms with Gasteiger partial charge in [0.2, 0.25) is 11.8 Å². The summed E-state index contributed by atoms with van der Waals surface area (Å²) >= 11 is 0. The maximum absolute atomic E-state index is 14.0. The predicted octanol–water partition coefficient (Wildman–Crippen LogP) is 3.07. The van der Waals surface area contributed by atoms with E-state index in [9.17, 15) is 14.4 Å². The molecule has 1 N–H and O–H groups in total. The molecule has 0 aromatic rings. The highest BCUT2D eigenvalue weighted by Gasteiger charge is 2.48. The van der Waals surface area contributed by atoms with Gasteiger partial charge >= 0.3 is 0 Å². The van der Waals surface area contributed by atoms with Crippen LogP contribution in [0.15, 0.2) is 29.4 Å². The molecular formula is C24H34N4O3. The highest BCUT2D eigenvalue weighted by Crippen LogP contribution is 2.32. The third kappa shape index (κ3) is 4.75.